The molecule has 38 heavy (non-hydrogen) atoms. The van der Waals surface area contributed by atoms with E-state index in [4.69, 9.17) is 14.6 Å². The Kier molecular flexibility index (Phi) is 6.58. The molecule has 3 aromatic rings. The number of anilines is 2. The van der Waals surface area contributed by atoms with Crippen molar-refractivity contribution in [1.29, 1.82) is 0 Å². The number of rotatable bonds is 9. The van der Waals surface area contributed by atoms with Gasteiger partial charge in [0.2, 0.25) is 0 Å². The summed E-state index contributed by atoms with van der Waals surface area (Å²) in [6.07, 6.45) is 6.19. The summed E-state index contributed by atoms with van der Waals surface area (Å²) in [6.45, 7) is 1.52. The third kappa shape index (κ3) is 4.89. The number of pyridine rings is 3. The molecule has 2 saturated heterocycles. The number of aryl methyl sites for hydroxylation is 1. The zero-order valence-corrected chi connectivity index (χ0v) is 21.1. The second kappa shape index (κ2) is 10.0. The Morgan fingerprint density at radius 2 is 2.00 bits per heavy atom. The molecule has 3 aliphatic heterocycles. The van der Waals surface area contributed by atoms with Gasteiger partial charge in [-0.2, -0.15) is 0 Å². The minimum atomic E-state index is -0.359. The number of fused-ring (bicyclic) bond motifs is 5. The van der Waals surface area contributed by atoms with Gasteiger partial charge in [0.05, 0.1) is 41.7 Å². The number of amides is 1. The standard InChI is InChI=1S/C27H31FN6O4/c28-19-14-30-20-2-4-22(29-11-12-35)33-24(20)18(19)5-6-27-9-7-26(8-10-27,16-38-27)31-13-17-1-3-21-25(32-17)34-23(36)15-37-21/h1-4,14,31,35H,5-13,15-16H2,(H,29,33)(H,32,34,36). The van der Waals surface area contributed by atoms with E-state index in [1.165, 1.54) is 6.20 Å². The number of aliphatic hydroxyl groups excluding tert-OH is 1. The quantitative estimate of drug-likeness (QED) is 0.335. The maximum absolute atomic E-state index is 14.9. The average Bonchev–Trinajstić information content (AvgIpc) is 2.95. The fourth-order valence-electron chi connectivity index (χ4n) is 5.66. The molecule has 0 aromatic carbocycles. The Hall–Kier alpha value is -3.41. The third-order valence-electron chi connectivity index (χ3n) is 7.96. The molecular formula is C27H31FN6O4. The van der Waals surface area contributed by atoms with Crippen molar-refractivity contribution >= 4 is 28.6 Å². The first-order valence-electron chi connectivity index (χ1n) is 13.1. The molecule has 6 heterocycles. The zero-order valence-electron chi connectivity index (χ0n) is 21.1. The van der Waals surface area contributed by atoms with Crippen molar-refractivity contribution in [2.24, 2.45) is 0 Å². The van der Waals surface area contributed by atoms with Crippen LogP contribution in [0.15, 0.2) is 30.5 Å². The minimum absolute atomic E-state index is 0.0118. The summed E-state index contributed by atoms with van der Waals surface area (Å²) in [5.74, 6) is 1.07. The molecule has 10 nitrogen and oxygen atoms in total. The predicted molar refractivity (Wildman–Crippen MR) is 138 cm³/mol. The molecule has 1 amide bonds. The molecule has 7 rings (SSSR count). The number of nitrogens with one attached hydrogen (secondary N) is 3. The van der Waals surface area contributed by atoms with Crippen molar-refractivity contribution in [2.75, 3.05) is 37.0 Å². The molecular weight excluding hydrogens is 491 g/mol. The van der Waals surface area contributed by atoms with Gasteiger partial charge in [-0.3, -0.25) is 9.78 Å². The van der Waals surface area contributed by atoms with Crippen molar-refractivity contribution in [3.8, 4) is 5.75 Å². The molecule has 3 fully saturated rings. The fourth-order valence-corrected chi connectivity index (χ4v) is 5.66. The molecule has 2 bridgehead atoms. The van der Waals surface area contributed by atoms with Gasteiger partial charge >= 0.3 is 0 Å². The van der Waals surface area contributed by atoms with Gasteiger partial charge in [-0.05, 0) is 62.8 Å². The normalized spacial score (nSPS) is 24.1. The average molecular weight is 523 g/mol. The van der Waals surface area contributed by atoms with Gasteiger partial charge in [-0.1, -0.05) is 0 Å². The predicted octanol–water partition coefficient (Wildman–Crippen LogP) is 2.70. The zero-order chi connectivity index (χ0) is 26.2. The molecule has 1 aliphatic carbocycles. The number of carbonyl (C=O) groups is 1. The highest BCUT2D eigenvalue weighted by Gasteiger charge is 2.49. The number of nitrogens with zero attached hydrogens (tertiary/aromatic N) is 3. The van der Waals surface area contributed by atoms with Crippen LogP contribution in [0.25, 0.3) is 11.0 Å². The van der Waals surface area contributed by atoms with E-state index in [0.29, 0.717) is 66.5 Å². The van der Waals surface area contributed by atoms with Crippen molar-refractivity contribution in [3.63, 3.8) is 0 Å². The van der Waals surface area contributed by atoms with Gasteiger partial charge < -0.3 is 30.5 Å². The van der Waals surface area contributed by atoms with Crippen LogP contribution in [-0.4, -0.2) is 63.5 Å². The summed E-state index contributed by atoms with van der Waals surface area (Å²) >= 11 is 0. The maximum Gasteiger partial charge on any atom is 0.263 e. The molecule has 0 radical (unpaired) electrons. The van der Waals surface area contributed by atoms with Crippen LogP contribution < -0.4 is 20.7 Å². The van der Waals surface area contributed by atoms with Crippen LogP contribution in [0.3, 0.4) is 0 Å². The van der Waals surface area contributed by atoms with Gasteiger partial charge in [-0.25, -0.2) is 14.4 Å². The lowest BCUT2D eigenvalue weighted by atomic mass is 9.69. The van der Waals surface area contributed by atoms with E-state index in [2.05, 4.69) is 30.9 Å². The molecule has 0 atom stereocenters. The van der Waals surface area contributed by atoms with E-state index in [1.807, 2.05) is 18.2 Å². The van der Waals surface area contributed by atoms with Crippen molar-refractivity contribution in [3.05, 3.63) is 47.5 Å². The Morgan fingerprint density at radius 1 is 1.13 bits per heavy atom. The van der Waals surface area contributed by atoms with E-state index in [-0.39, 0.29) is 36.1 Å². The first kappa shape index (κ1) is 24.9. The molecule has 4 aliphatic rings. The SMILES string of the molecule is O=C1COc2ccc(CNC34CCC(CCc5c(F)cnc6ccc(NCCO)nc56)(CC3)OC4)nc2N1. The topological polar surface area (TPSA) is 131 Å². The fraction of sp³-hybridized carbons (Fsp3) is 0.481. The summed E-state index contributed by atoms with van der Waals surface area (Å²) in [5, 5.41) is 18.5. The molecule has 1 saturated carbocycles. The molecule has 4 N–H and O–H groups in total. The lowest BCUT2D eigenvalue weighted by molar-refractivity contribution is -0.165. The minimum Gasteiger partial charge on any atom is -0.480 e. The molecule has 200 valence electrons. The van der Waals surface area contributed by atoms with Crippen LogP contribution in [0.2, 0.25) is 0 Å². The smallest absolute Gasteiger partial charge is 0.263 e. The Bertz CT molecular complexity index is 1340. The van der Waals surface area contributed by atoms with Gasteiger partial charge in [0.15, 0.2) is 18.2 Å². The van der Waals surface area contributed by atoms with Gasteiger partial charge in [0, 0.05) is 24.2 Å². The first-order chi connectivity index (χ1) is 18.5. The van der Waals surface area contributed by atoms with E-state index in [1.54, 1.807) is 6.07 Å². The number of hydrogen-bond acceptors (Lipinski definition) is 9. The van der Waals surface area contributed by atoms with E-state index >= 15 is 0 Å². The summed E-state index contributed by atoms with van der Waals surface area (Å²) in [6, 6.07) is 7.34. The van der Waals surface area contributed by atoms with Crippen LogP contribution >= 0.6 is 0 Å². The highest BCUT2D eigenvalue weighted by Crippen LogP contribution is 2.46. The number of hydrogen-bond donors (Lipinski definition) is 4. The molecule has 3 aromatic heterocycles. The third-order valence-corrected chi connectivity index (χ3v) is 7.96. The van der Waals surface area contributed by atoms with Crippen LogP contribution in [0.5, 0.6) is 5.75 Å². The van der Waals surface area contributed by atoms with Crippen LogP contribution in [0.4, 0.5) is 16.0 Å². The van der Waals surface area contributed by atoms with Gasteiger partial charge in [-0.15, -0.1) is 0 Å². The highest BCUT2D eigenvalue weighted by atomic mass is 19.1. The monoisotopic (exact) mass is 522 g/mol. The van der Waals surface area contributed by atoms with Gasteiger partial charge in [0.25, 0.3) is 5.91 Å². The van der Waals surface area contributed by atoms with E-state index in [0.717, 1.165) is 31.4 Å². The van der Waals surface area contributed by atoms with Crippen molar-refractivity contribution in [2.45, 2.75) is 56.2 Å². The maximum atomic E-state index is 14.9. The summed E-state index contributed by atoms with van der Waals surface area (Å²) in [4.78, 5) is 24.9. The Labute approximate surface area is 219 Å². The van der Waals surface area contributed by atoms with E-state index < -0.39 is 0 Å². The number of ether oxygens (including phenoxy) is 2. The first-order valence-corrected chi connectivity index (χ1v) is 13.1. The second-order valence-electron chi connectivity index (χ2n) is 10.4. The molecule has 0 spiro atoms. The summed E-state index contributed by atoms with van der Waals surface area (Å²) < 4.78 is 26.7. The lowest BCUT2D eigenvalue weighted by Crippen LogP contribution is -2.61. The van der Waals surface area contributed by atoms with Crippen LogP contribution in [-0.2, 0) is 22.5 Å². The molecule has 0 unspecified atom stereocenters. The summed E-state index contributed by atoms with van der Waals surface area (Å²) in [5.41, 5.74) is 2.17. The Morgan fingerprint density at radius 3 is 2.79 bits per heavy atom. The largest absolute Gasteiger partial charge is 0.480 e. The van der Waals surface area contributed by atoms with Crippen LogP contribution in [0, 0.1) is 5.82 Å². The second-order valence-corrected chi connectivity index (χ2v) is 10.4. The lowest BCUT2D eigenvalue weighted by Gasteiger charge is -2.53. The molecule has 11 heteroatoms. The number of aromatic nitrogens is 3. The van der Waals surface area contributed by atoms with Crippen molar-refractivity contribution in [1.82, 2.24) is 20.3 Å². The summed E-state index contributed by atoms with van der Waals surface area (Å²) in [7, 11) is 0. The van der Waals surface area contributed by atoms with E-state index in [9.17, 15) is 9.18 Å². The number of carbonyl (C=O) groups excluding carboxylic acids is 1. The highest BCUT2D eigenvalue weighted by molar-refractivity contribution is 5.94. The number of aliphatic hydroxyl groups is 1. The van der Waals surface area contributed by atoms with Crippen molar-refractivity contribution < 1.29 is 23.8 Å². The Balaban J connectivity index is 1.09. The van der Waals surface area contributed by atoms with Gasteiger partial charge in [0.1, 0.15) is 11.6 Å². The van der Waals surface area contributed by atoms with Crippen LogP contribution in [0.1, 0.15) is 43.4 Å². The number of halogens is 1.